The van der Waals surface area contributed by atoms with Gasteiger partial charge >= 0.3 is 12.4 Å². The molecule has 1 atom stereocenters. The first-order valence-electron chi connectivity index (χ1n) is 10.0. The molecule has 1 aliphatic rings. The summed E-state index contributed by atoms with van der Waals surface area (Å²) in [5.41, 5.74) is -3.56. The first-order chi connectivity index (χ1) is 16.0. The highest BCUT2D eigenvalue weighted by Gasteiger charge is 2.37. The second-order valence-electron chi connectivity index (χ2n) is 7.64. The molecule has 1 N–H and O–H groups in total. The van der Waals surface area contributed by atoms with Crippen LogP contribution in [0.3, 0.4) is 0 Å². The molecule has 4 rings (SSSR count). The third-order valence-electron chi connectivity index (χ3n) is 5.26. The van der Waals surface area contributed by atoms with Crippen LogP contribution in [0.5, 0.6) is 0 Å². The van der Waals surface area contributed by atoms with Crippen LogP contribution in [-0.2, 0) is 17.1 Å². The summed E-state index contributed by atoms with van der Waals surface area (Å²) in [5.74, 6) is -0.417. The smallest absolute Gasteiger partial charge is 0.356 e. The second kappa shape index (κ2) is 8.91. The lowest BCUT2D eigenvalue weighted by Gasteiger charge is -2.33. The van der Waals surface area contributed by atoms with E-state index in [1.165, 1.54) is 23.7 Å². The molecule has 1 amide bonds. The lowest BCUT2D eigenvalue weighted by atomic mass is 9.96. The van der Waals surface area contributed by atoms with E-state index in [2.05, 4.69) is 25.4 Å². The predicted molar refractivity (Wildman–Crippen MR) is 107 cm³/mol. The summed E-state index contributed by atoms with van der Waals surface area (Å²) in [6.07, 6.45) is -4.93. The van der Waals surface area contributed by atoms with Crippen LogP contribution in [0.15, 0.2) is 43.2 Å². The molecule has 3 aromatic rings. The summed E-state index contributed by atoms with van der Waals surface area (Å²) < 4.78 is 80.0. The molecule has 1 fully saturated rings. The number of alkyl halides is 6. The average Bonchev–Trinajstić information content (AvgIpc) is 3.33. The third kappa shape index (κ3) is 5.26. The maximum Gasteiger partial charge on any atom is 0.416 e. The van der Waals surface area contributed by atoms with Gasteiger partial charge in [0.25, 0.3) is 0 Å². The molecule has 1 aliphatic heterocycles. The van der Waals surface area contributed by atoms with Crippen LogP contribution in [-0.4, -0.2) is 43.7 Å². The largest absolute Gasteiger partial charge is 0.416 e. The molecule has 0 spiro atoms. The van der Waals surface area contributed by atoms with Gasteiger partial charge < -0.3 is 10.2 Å². The van der Waals surface area contributed by atoms with Gasteiger partial charge in [-0.1, -0.05) is 0 Å². The molecule has 0 bridgehead atoms. The minimum atomic E-state index is -5.00. The van der Waals surface area contributed by atoms with E-state index >= 15 is 0 Å². The van der Waals surface area contributed by atoms with E-state index in [4.69, 9.17) is 0 Å². The predicted octanol–water partition coefficient (Wildman–Crippen LogP) is 3.95. The number of rotatable bonds is 4. The molecular formula is C20H17F6N7O. The van der Waals surface area contributed by atoms with Crippen LogP contribution in [0.1, 0.15) is 24.0 Å². The molecule has 0 saturated carbocycles. The summed E-state index contributed by atoms with van der Waals surface area (Å²) in [7, 11) is 0. The Labute approximate surface area is 188 Å². The van der Waals surface area contributed by atoms with Gasteiger partial charge in [0.2, 0.25) is 5.91 Å². The number of amides is 1. The van der Waals surface area contributed by atoms with Crippen LogP contribution in [0.25, 0.3) is 5.82 Å². The van der Waals surface area contributed by atoms with Gasteiger partial charge in [-0.2, -0.15) is 31.4 Å². The maximum atomic E-state index is 13.1. The van der Waals surface area contributed by atoms with Crippen molar-refractivity contribution in [1.29, 1.82) is 0 Å². The Morgan fingerprint density at radius 1 is 0.941 bits per heavy atom. The van der Waals surface area contributed by atoms with Crippen molar-refractivity contribution in [3.05, 3.63) is 54.4 Å². The standard InChI is InChI=1S/C20H17F6N7O/c21-19(22,23)13-4-14(20(24,25)26)6-15(5-13)31-18(34)12-2-1-3-32(8-12)16-7-17(29-10-28-16)33-11-27-9-30-33/h4-7,9-12H,1-3,8H2,(H,31,34). The number of halogens is 6. The number of benzene rings is 1. The molecule has 180 valence electrons. The lowest BCUT2D eigenvalue weighted by Crippen LogP contribution is -2.41. The highest BCUT2D eigenvalue weighted by atomic mass is 19.4. The highest BCUT2D eigenvalue weighted by Crippen LogP contribution is 2.37. The van der Waals surface area contributed by atoms with Crippen LogP contribution < -0.4 is 10.2 Å². The Morgan fingerprint density at radius 3 is 2.24 bits per heavy atom. The number of hydrogen-bond donors (Lipinski definition) is 1. The Hall–Kier alpha value is -3.71. The number of nitrogens with one attached hydrogen (secondary N) is 1. The number of carbonyl (C=O) groups is 1. The van der Waals surface area contributed by atoms with Gasteiger partial charge in [0.15, 0.2) is 5.82 Å². The Bertz CT molecular complexity index is 1130. The van der Waals surface area contributed by atoms with Crippen LogP contribution in [0, 0.1) is 5.92 Å². The summed E-state index contributed by atoms with van der Waals surface area (Å²) in [6.45, 7) is 0.726. The zero-order chi connectivity index (χ0) is 24.5. The van der Waals surface area contributed by atoms with Gasteiger partial charge in [0, 0.05) is 24.8 Å². The molecule has 1 unspecified atom stereocenters. The lowest BCUT2D eigenvalue weighted by molar-refractivity contribution is -0.143. The van der Waals surface area contributed by atoms with Crippen molar-refractivity contribution in [3.8, 4) is 5.82 Å². The van der Waals surface area contributed by atoms with E-state index in [1.54, 1.807) is 11.0 Å². The topological polar surface area (TPSA) is 88.8 Å². The molecular weight excluding hydrogens is 468 g/mol. The SMILES string of the molecule is O=C(Nc1cc(C(F)(F)F)cc(C(F)(F)F)c1)C1CCCN(c2cc(-n3cncn3)ncn2)C1. The third-order valence-corrected chi connectivity index (χ3v) is 5.26. The van der Waals surface area contributed by atoms with Crippen molar-refractivity contribution in [1.82, 2.24) is 24.7 Å². The second-order valence-corrected chi connectivity index (χ2v) is 7.64. The van der Waals surface area contributed by atoms with Gasteiger partial charge in [0.05, 0.1) is 17.0 Å². The molecule has 0 aliphatic carbocycles. The summed E-state index contributed by atoms with van der Waals surface area (Å²) in [6, 6.07) is 2.63. The highest BCUT2D eigenvalue weighted by molar-refractivity contribution is 5.93. The van der Waals surface area contributed by atoms with E-state index in [-0.39, 0.29) is 12.6 Å². The van der Waals surface area contributed by atoms with E-state index < -0.39 is 41.0 Å². The van der Waals surface area contributed by atoms with Crippen molar-refractivity contribution in [2.24, 2.45) is 5.92 Å². The molecule has 2 aromatic heterocycles. The minimum Gasteiger partial charge on any atom is -0.356 e. The minimum absolute atomic E-state index is 0.0137. The zero-order valence-electron chi connectivity index (χ0n) is 17.3. The van der Waals surface area contributed by atoms with Crippen molar-refractivity contribution in [2.45, 2.75) is 25.2 Å². The van der Waals surface area contributed by atoms with Gasteiger partial charge in [-0.3, -0.25) is 4.79 Å². The van der Waals surface area contributed by atoms with Crippen LogP contribution in [0.2, 0.25) is 0 Å². The van der Waals surface area contributed by atoms with Crippen molar-refractivity contribution >= 4 is 17.4 Å². The molecule has 34 heavy (non-hydrogen) atoms. The van der Waals surface area contributed by atoms with E-state index in [9.17, 15) is 31.1 Å². The molecule has 14 heteroatoms. The Morgan fingerprint density at radius 2 is 1.62 bits per heavy atom. The van der Waals surface area contributed by atoms with Crippen molar-refractivity contribution < 1.29 is 31.1 Å². The van der Waals surface area contributed by atoms with E-state index in [0.29, 0.717) is 43.2 Å². The summed E-state index contributed by atoms with van der Waals surface area (Å²) >= 11 is 0. The fourth-order valence-electron chi connectivity index (χ4n) is 3.63. The van der Waals surface area contributed by atoms with Gasteiger partial charge in [-0.05, 0) is 31.0 Å². The molecule has 3 heterocycles. The van der Waals surface area contributed by atoms with Crippen LogP contribution >= 0.6 is 0 Å². The quantitative estimate of drug-likeness (QED) is 0.563. The summed E-state index contributed by atoms with van der Waals surface area (Å²) in [5, 5.41) is 6.21. The normalized spacial score (nSPS) is 17.0. The van der Waals surface area contributed by atoms with Gasteiger partial charge in [-0.25, -0.2) is 19.6 Å². The Balaban J connectivity index is 1.52. The fourth-order valence-corrected chi connectivity index (χ4v) is 3.63. The van der Waals surface area contributed by atoms with E-state index in [1.807, 2.05) is 0 Å². The fraction of sp³-hybridized carbons (Fsp3) is 0.350. The number of nitrogens with zero attached hydrogens (tertiary/aromatic N) is 6. The molecule has 0 radical (unpaired) electrons. The summed E-state index contributed by atoms with van der Waals surface area (Å²) in [4.78, 5) is 26.7. The number of carbonyl (C=O) groups excluding carboxylic acids is 1. The Kier molecular flexibility index (Phi) is 6.15. The number of piperidine rings is 1. The maximum absolute atomic E-state index is 13.1. The van der Waals surface area contributed by atoms with Crippen molar-refractivity contribution in [2.75, 3.05) is 23.3 Å². The monoisotopic (exact) mass is 485 g/mol. The van der Waals surface area contributed by atoms with Crippen molar-refractivity contribution in [3.63, 3.8) is 0 Å². The molecule has 1 aromatic carbocycles. The first kappa shape index (κ1) is 23.4. The first-order valence-corrected chi connectivity index (χ1v) is 10.0. The van der Waals surface area contributed by atoms with E-state index in [0.717, 1.165) is 0 Å². The zero-order valence-corrected chi connectivity index (χ0v) is 17.3. The van der Waals surface area contributed by atoms with Gasteiger partial charge in [0.1, 0.15) is 24.8 Å². The molecule has 8 nitrogen and oxygen atoms in total. The number of anilines is 2. The number of aromatic nitrogens is 5. The number of hydrogen-bond acceptors (Lipinski definition) is 6. The average molecular weight is 485 g/mol. The van der Waals surface area contributed by atoms with Crippen LogP contribution in [0.4, 0.5) is 37.8 Å². The molecule has 1 saturated heterocycles. The van der Waals surface area contributed by atoms with Gasteiger partial charge in [-0.15, -0.1) is 0 Å².